The number of sulfone groups is 1. The molecular formula is C14H13BrO4S. The molecule has 2 aromatic carbocycles. The highest BCUT2D eigenvalue weighted by molar-refractivity contribution is 9.10. The molecule has 0 atom stereocenters. The molecule has 0 unspecified atom stereocenters. The molecule has 2 aromatic rings. The van der Waals surface area contributed by atoms with Gasteiger partial charge in [0, 0.05) is 10.7 Å². The van der Waals surface area contributed by atoms with Crippen molar-refractivity contribution in [2.24, 2.45) is 0 Å². The number of hydrogen-bond acceptors (Lipinski definition) is 4. The summed E-state index contributed by atoms with van der Waals surface area (Å²) in [5, 5.41) is 9.09. The van der Waals surface area contributed by atoms with Crippen LogP contribution in [0.4, 0.5) is 0 Å². The van der Waals surface area contributed by atoms with Crippen molar-refractivity contribution in [3.63, 3.8) is 0 Å². The van der Waals surface area contributed by atoms with Gasteiger partial charge in [0.1, 0.15) is 11.5 Å². The summed E-state index contributed by atoms with van der Waals surface area (Å²) in [4.78, 5) is 0.209. The summed E-state index contributed by atoms with van der Waals surface area (Å²) in [6.07, 6.45) is 1.15. The van der Waals surface area contributed by atoms with E-state index in [2.05, 4.69) is 15.9 Å². The Morgan fingerprint density at radius 1 is 1.15 bits per heavy atom. The van der Waals surface area contributed by atoms with Gasteiger partial charge in [0.15, 0.2) is 9.84 Å². The Labute approximate surface area is 126 Å². The van der Waals surface area contributed by atoms with Crippen LogP contribution in [0, 0.1) is 0 Å². The zero-order chi connectivity index (χ0) is 14.8. The summed E-state index contributed by atoms with van der Waals surface area (Å²) in [6, 6.07) is 11.5. The lowest BCUT2D eigenvalue weighted by molar-refractivity contribution is 0.281. The Kier molecular flexibility index (Phi) is 4.47. The molecule has 0 radical (unpaired) electrons. The lowest BCUT2D eigenvalue weighted by Gasteiger charge is -2.09. The summed E-state index contributed by atoms with van der Waals surface area (Å²) < 4.78 is 29.3. The quantitative estimate of drug-likeness (QED) is 0.913. The van der Waals surface area contributed by atoms with E-state index in [1.165, 1.54) is 12.1 Å². The fourth-order valence-corrected chi connectivity index (χ4v) is 2.76. The molecule has 0 aliphatic rings. The summed E-state index contributed by atoms with van der Waals surface area (Å²) in [6.45, 7) is -0.0651. The Morgan fingerprint density at radius 3 is 2.45 bits per heavy atom. The third kappa shape index (κ3) is 3.59. The maximum atomic E-state index is 11.5. The van der Waals surface area contributed by atoms with Gasteiger partial charge in [0.05, 0.1) is 11.5 Å². The van der Waals surface area contributed by atoms with Crippen molar-refractivity contribution in [2.45, 2.75) is 11.5 Å². The molecule has 0 aliphatic heterocycles. The van der Waals surface area contributed by atoms with E-state index in [-0.39, 0.29) is 11.5 Å². The first-order valence-electron chi connectivity index (χ1n) is 5.77. The molecule has 20 heavy (non-hydrogen) atoms. The molecule has 0 spiro atoms. The van der Waals surface area contributed by atoms with Crippen LogP contribution in [-0.4, -0.2) is 19.8 Å². The van der Waals surface area contributed by atoms with Gasteiger partial charge < -0.3 is 9.84 Å². The van der Waals surface area contributed by atoms with Crippen LogP contribution < -0.4 is 4.74 Å². The maximum Gasteiger partial charge on any atom is 0.175 e. The van der Waals surface area contributed by atoms with Gasteiger partial charge in [-0.05, 0) is 35.9 Å². The topological polar surface area (TPSA) is 63.6 Å². The van der Waals surface area contributed by atoms with Crippen LogP contribution in [0.2, 0.25) is 0 Å². The van der Waals surface area contributed by atoms with E-state index in [1.807, 2.05) is 0 Å². The number of benzene rings is 2. The third-order valence-electron chi connectivity index (χ3n) is 2.66. The van der Waals surface area contributed by atoms with E-state index in [0.717, 1.165) is 16.3 Å². The smallest absolute Gasteiger partial charge is 0.175 e. The second kappa shape index (κ2) is 5.95. The van der Waals surface area contributed by atoms with Crippen molar-refractivity contribution in [3.8, 4) is 11.5 Å². The van der Waals surface area contributed by atoms with Crippen molar-refractivity contribution < 1.29 is 18.3 Å². The highest BCUT2D eigenvalue weighted by Crippen LogP contribution is 2.28. The first kappa shape index (κ1) is 15.0. The molecule has 0 amide bonds. The Morgan fingerprint density at radius 2 is 1.85 bits per heavy atom. The molecule has 1 N–H and O–H groups in total. The zero-order valence-corrected chi connectivity index (χ0v) is 13.1. The van der Waals surface area contributed by atoms with Gasteiger partial charge in [0.25, 0.3) is 0 Å². The molecule has 0 heterocycles. The highest BCUT2D eigenvalue weighted by Gasteiger charge is 2.09. The molecule has 0 aliphatic carbocycles. The average molecular weight is 357 g/mol. The predicted octanol–water partition coefficient (Wildman–Crippen LogP) is 3.14. The van der Waals surface area contributed by atoms with Crippen LogP contribution in [0.3, 0.4) is 0 Å². The number of hydrogen-bond donors (Lipinski definition) is 1. The molecular weight excluding hydrogens is 344 g/mol. The number of rotatable bonds is 4. The zero-order valence-electron chi connectivity index (χ0n) is 10.7. The second-order valence-electron chi connectivity index (χ2n) is 4.26. The summed E-state index contributed by atoms with van der Waals surface area (Å²) >= 11 is 3.33. The monoisotopic (exact) mass is 356 g/mol. The van der Waals surface area contributed by atoms with Crippen LogP contribution in [0.15, 0.2) is 51.8 Å². The number of aliphatic hydroxyl groups excluding tert-OH is 1. The van der Waals surface area contributed by atoms with E-state index >= 15 is 0 Å². The normalized spacial score (nSPS) is 11.3. The molecule has 0 fully saturated rings. The van der Waals surface area contributed by atoms with Crippen molar-refractivity contribution >= 4 is 25.8 Å². The van der Waals surface area contributed by atoms with E-state index in [0.29, 0.717) is 11.5 Å². The molecule has 106 valence electrons. The minimum atomic E-state index is -3.26. The predicted molar refractivity (Wildman–Crippen MR) is 79.7 cm³/mol. The fourth-order valence-electron chi connectivity index (χ4n) is 1.62. The lowest BCUT2D eigenvalue weighted by atomic mass is 10.2. The molecule has 6 heteroatoms. The fraction of sp³-hybridized carbons (Fsp3) is 0.143. The molecule has 0 aromatic heterocycles. The Bertz CT molecular complexity index is 726. The van der Waals surface area contributed by atoms with Crippen molar-refractivity contribution in [2.75, 3.05) is 6.26 Å². The van der Waals surface area contributed by atoms with E-state index in [9.17, 15) is 8.42 Å². The van der Waals surface area contributed by atoms with Gasteiger partial charge in [0.2, 0.25) is 0 Å². The van der Waals surface area contributed by atoms with Gasteiger partial charge in [-0.1, -0.05) is 28.1 Å². The van der Waals surface area contributed by atoms with E-state index in [1.54, 1.807) is 30.3 Å². The summed E-state index contributed by atoms with van der Waals surface area (Å²) in [7, 11) is -3.26. The minimum Gasteiger partial charge on any atom is -0.457 e. The van der Waals surface area contributed by atoms with Crippen molar-refractivity contribution in [1.82, 2.24) is 0 Å². The Hall–Kier alpha value is -1.37. The summed E-state index contributed by atoms with van der Waals surface area (Å²) in [5.41, 5.74) is 0.752. The van der Waals surface area contributed by atoms with Gasteiger partial charge in [-0.3, -0.25) is 0 Å². The minimum absolute atomic E-state index is 0.0651. The average Bonchev–Trinajstić information content (AvgIpc) is 2.38. The molecule has 0 saturated carbocycles. The van der Waals surface area contributed by atoms with Crippen LogP contribution in [0.5, 0.6) is 11.5 Å². The second-order valence-corrected chi connectivity index (χ2v) is 7.13. The molecule has 2 rings (SSSR count). The molecule has 4 nitrogen and oxygen atoms in total. The third-order valence-corrected chi connectivity index (χ3v) is 4.51. The van der Waals surface area contributed by atoms with E-state index in [4.69, 9.17) is 9.84 Å². The SMILES string of the molecule is CS(=O)(=O)c1cccc(Oc2ccc(CO)c(Br)c2)c1. The van der Waals surface area contributed by atoms with E-state index < -0.39 is 9.84 Å². The largest absolute Gasteiger partial charge is 0.457 e. The van der Waals surface area contributed by atoms with Gasteiger partial charge in [-0.25, -0.2) is 8.42 Å². The first-order valence-corrected chi connectivity index (χ1v) is 8.46. The van der Waals surface area contributed by atoms with Gasteiger partial charge in [-0.2, -0.15) is 0 Å². The van der Waals surface area contributed by atoms with Crippen molar-refractivity contribution in [1.29, 1.82) is 0 Å². The molecule has 0 bridgehead atoms. The lowest BCUT2D eigenvalue weighted by Crippen LogP contribution is -1.97. The number of aliphatic hydroxyl groups is 1. The van der Waals surface area contributed by atoms with Crippen LogP contribution >= 0.6 is 15.9 Å². The molecule has 0 saturated heterocycles. The maximum absolute atomic E-state index is 11.5. The van der Waals surface area contributed by atoms with Gasteiger partial charge >= 0.3 is 0 Å². The highest BCUT2D eigenvalue weighted by atomic mass is 79.9. The van der Waals surface area contributed by atoms with Gasteiger partial charge in [-0.15, -0.1) is 0 Å². The number of ether oxygens (including phenoxy) is 1. The van der Waals surface area contributed by atoms with Crippen molar-refractivity contribution in [3.05, 3.63) is 52.5 Å². The van der Waals surface area contributed by atoms with Crippen LogP contribution in [0.25, 0.3) is 0 Å². The van der Waals surface area contributed by atoms with Crippen LogP contribution in [0.1, 0.15) is 5.56 Å². The number of halogens is 1. The standard InChI is InChI=1S/C14H13BrO4S/c1-20(17,18)13-4-2-3-11(7-13)19-12-6-5-10(9-16)14(15)8-12/h2-8,16H,9H2,1H3. The van der Waals surface area contributed by atoms with Crippen LogP contribution in [-0.2, 0) is 16.4 Å². The summed E-state index contributed by atoms with van der Waals surface area (Å²) in [5.74, 6) is 0.997. The Balaban J connectivity index is 2.29. The first-order chi connectivity index (χ1) is 9.40.